The molecule has 0 spiro atoms. The van der Waals surface area contributed by atoms with Gasteiger partial charge in [-0.1, -0.05) is 0 Å². The fourth-order valence-corrected chi connectivity index (χ4v) is 1.87. The number of nitro benzene ring substituents is 1. The number of anilines is 1. The van der Waals surface area contributed by atoms with Crippen LogP contribution in [0.5, 0.6) is 0 Å². The summed E-state index contributed by atoms with van der Waals surface area (Å²) < 4.78 is 0. The fourth-order valence-electron chi connectivity index (χ4n) is 1.87. The van der Waals surface area contributed by atoms with Crippen LogP contribution in [0, 0.1) is 21.4 Å². The summed E-state index contributed by atoms with van der Waals surface area (Å²) in [4.78, 5) is 23.3. The van der Waals surface area contributed by atoms with E-state index in [4.69, 9.17) is 5.26 Å². The summed E-state index contributed by atoms with van der Waals surface area (Å²) in [6, 6.07) is 5.98. The molecule has 0 aliphatic carbocycles. The van der Waals surface area contributed by atoms with Crippen molar-refractivity contribution in [1.82, 2.24) is 0 Å². The van der Waals surface area contributed by atoms with Crippen LogP contribution in [0.25, 0.3) is 0 Å². The van der Waals surface area contributed by atoms with Crippen molar-refractivity contribution in [2.24, 2.45) is 0 Å². The summed E-state index contributed by atoms with van der Waals surface area (Å²) in [6.07, 6.45) is 1.12. The molecule has 1 aliphatic rings. The van der Waals surface area contributed by atoms with Gasteiger partial charge in [-0.05, 0) is 18.6 Å². The van der Waals surface area contributed by atoms with Gasteiger partial charge in [0.1, 0.15) is 5.69 Å². The molecule has 17 heavy (non-hydrogen) atoms. The summed E-state index contributed by atoms with van der Waals surface area (Å²) in [5.41, 5.74) is 0.294. The molecular weight excluding hydrogens is 222 g/mol. The number of nitro groups is 1. The number of carbonyl (C=O) groups is 1. The maximum atomic E-state index is 11.5. The fraction of sp³-hybridized carbons (Fsp3) is 0.273. The van der Waals surface area contributed by atoms with Crippen LogP contribution in [0.4, 0.5) is 11.4 Å². The molecular formula is C11H9N3O3. The van der Waals surface area contributed by atoms with Crippen molar-refractivity contribution in [2.75, 3.05) is 11.4 Å². The van der Waals surface area contributed by atoms with Crippen molar-refractivity contribution < 1.29 is 9.72 Å². The normalized spacial score (nSPS) is 14.8. The summed E-state index contributed by atoms with van der Waals surface area (Å²) in [5.74, 6) is -0.113. The van der Waals surface area contributed by atoms with E-state index in [1.54, 1.807) is 0 Å². The van der Waals surface area contributed by atoms with E-state index < -0.39 is 4.92 Å². The third-order valence-corrected chi connectivity index (χ3v) is 2.67. The first-order valence-electron chi connectivity index (χ1n) is 5.12. The number of nitriles is 1. The average Bonchev–Trinajstić information content (AvgIpc) is 2.74. The van der Waals surface area contributed by atoms with Gasteiger partial charge >= 0.3 is 0 Å². The lowest BCUT2D eigenvalue weighted by molar-refractivity contribution is -0.384. The van der Waals surface area contributed by atoms with E-state index in [2.05, 4.69) is 0 Å². The van der Waals surface area contributed by atoms with Crippen molar-refractivity contribution in [2.45, 2.75) is 12.8 Å². The Labute approximate surface area is 97.2 Å². The molecule has 1 aromatic carbocycles. The summed E-state index contributed by atoms with van der Waals surface area (Å²) in [6.45, 7) is 0.492. The van der Waals surface area contributed by atoms with Crippen LogP contribution in [0.15, 0.2) is 18.2 Å². The minimum absolute atomic E-state index is 0.113. The van der Waals surface area contributed by atoms with Gasteiger partial charge in [-0.3, -0.25) is 14.9 Å². The molecule has 0 aromatic heterocycles. The molecule has 1 heterocycles. The van der Waals surface area contributed by atoms with E-state index in [0.717, 1.165) is 0 Å². The Hall–Kier alpha value is -2.42. The lowest BCUT2D eigenvalue weighted by Gasteiger charge is -2.15. The van der Waals surface area contributed by atoms with Crippen LogP contribution in [0.2, 0.25) is 0 Å². The van der Waals surface area contributed by atoms with Gasteiger partial charge in [-0.2, -0.15) is 5.26 Å². The first kappa shape index (κ1) is 11.1. The van der Waals surface area contributed by atoms with Crippen LogP contribution < -0.4 is 4.90 Å². The Bertz CT molecular complexity index is 533. The number of hydrogen-bond donors (Lipinski definition) is 0. The highest BCUT2D eigenvalue weighted by Gasteiger charge is 2.28. The summed E-state index contributed by atoms with van der Waals surface area (Å²) in [5, 5.41) is 19.6. The third kappa shape index (κ3) is 1.95. The number of benzene rings is 1. The second kappa shape index (κ2) is 4.22. The minimum atomic E-state index is -0.568. The molecule has 0 unspecified atom stereocenters. The van der Waals surface area contributed by atoms with E-state index in [1.807, 2.05) is 6.07 Å². The van der Waals surface area contributed by atoms with Crippen molar-refractivity contribution in [1.29, 1.82) is 5.26 Å². The van der Waals surface area contributed by atoms with Crippen LogP contribution >= 0.6 is 0 Å². The molecule has 2 rings (SSSR count). The molecule has 86 valence electrons. The van der Waals surface area contributed by atoms with E-state index in [1.165, 1.54) is 23.1 Å². The SMILES string of the molecule is N#Cc1ccc(N2CCCC2=O)c([N+](=O)[O-])c1. The number of rotatable bonds is 2. The van der Waals surface area contributed by atoms with Crippen LogP contribution in [0.1, 0.15) is 18.4 Å². The zero-order valence-corrected chi connectivity index (χ0v) is 8.92. The van der Waals surface area contributed by atoms with Gasteiger partial charge in [-0.15, -0.1) is 0 Å². The van der Waals surface area contributed by atoms with Crippen molar-refractivity contribution in [3.05, 3.63) is 33.9 Å². The first-order chi connectivity index (χ1) is 8.13. The van der Waals surface area contributed by atoms with Gasteiger partial charge in [0.25, 0.3) is 5.69 Å². The van der Waals surface area contributed by atoms with Gasteiger partial charge in [0.05, 0.1) is 16.6 Å². The third-order valence-electron chi connectivity index (χ3n) is 2.67. The van der Waals surface area contributed by atoms with Crippen molar-refractivity contribution >= 4 is 17.3 Å². The highest BCUT2D eigenvalue weighted by molar-refractivity contribution is 5.97. The molecule has 1 aliphatic heterocycles. The highest BCUT2D eigenvalue weighted by Crippen LogP contribution is 2.31. The summed E-state index contributed by atoms with van der Waals surface area (Å²) >= 11 is 0. The van der Waals surface area contributed by atoms with E-state index in [-0.39, 0.29) is 22.8 Å². The van der Waals surface area contributed by atoms with E-state index in [9.17, 15) is 14.9 Å². The average molecular weight is 231 g/mol. The second-order valence-electron chi connectivity index (χ2n) is 3.72. The molecule has 1 amide bonds. The number of carbonyl (C=O) groups excluding carboxylic acids is 1. The van der Waals surface area contributed by atoms with Gasteiger partial charge < -0.3 is 4.90 Å². The van der Waals surface area contributed by atoms with Crippen LogP contribution in [0.3, 0.4) is 0 Å². The molecule has 1 aromatic rings. The lowest BCUT2D eigenvalue weighted by Crippen LogP contribution is -2.24. The number of amides is 1. The molecule has 1 fully saturated rings. The molecule has 0 atom stereocenters. The zero-order valence-electron chi connectivity index (χ0n) is 8.92. The number of hydrogen-bond acceptors (Lipinski definition) is 4. The predicted molar refractivity (Wildman–Crippen MR) is 59.4 cm³/mol. The van der Waals surface area contributed by atoms with Gasteiger partial charge in [0, 0.05) is 19.0 Å². The monoisotopic (exact) mass is 231 g/mol. The molecule has 0 radical (unpaired) electrons. The molecule has 0 saturated carbocycles. The molecule has 6 nitrogen and oxygen atoms in total. The Balaban J connectivity index is 2.50. The maximum absolute atomic E-state index is 11.5. The van der Waals surface area contributed by atoms with Gasteiger partial charge in [0.2, 0.25) is 5.91 Å². The molecule has 0 bridgehead atoms. The van der Waals surface area contributed by atoms with Crippen molar-refractivity contribution in [3.63, 3.8) is 0 Å². The molecule has 1 saturated heterocycles. The number of nitrogens with zero attached hydrogens (tertiary/aromatic N) is 3. The summed E-state index contributed by atoms with van der Waals surface area (Å²) in [7, 11) is 0. The quantitative estimate of drug-likeness (QED) is 0.571. The van der Waals surface area contributed by atoms with Crippen molar-refractivity contribution in [3.8, 4) is 6.07 Å². The smallest absolute Gasteiger partial charge is 0.294 e. The zero-order chi connectivity index (χ0) is 12.4. The Morgan fingerprint density at radius 2 is 2.24 bits per heavy atom. The Kier molecular flexibility index (Phi) is 2.75. The van der Waals surface area contributed by atoms with Gasteiger partial charge in [-0.25, -0.2) is 0 Å². The topological polar surface area (TPSA) is 87.2 Å². The minimum Gasteiger partial charge on any atom is -0.306 e. The maximum Gasteiger partial charge on any atom is 0.294 e. The predicted octanol–water partition coefficient (Wildman–Crippen LogP) is 1.59. The van der Waals surface area contributed by atoms with E-state index in [0.29, 0.717) is 19.4 Å². The molecule has 0 N–H and O–H groups in total. The standard InChI is InChI=1S/C11H9N3O3/c12-7-8-3-4-9(10(6-8)14(16)17)13-5-1-2-11(13)15/h3-4,6H,1-2,5H2. The van der Waals surface area contributed by atoms with Gasteiger partial charge in [0.15, 0.2) is 0 Å². The van der Waals surface area contributed by atoms with E-state index >= 15 is 0 Å². The second-order valence-corrected chi connectivity index (χ2v) is 3.72. The Morgan fingerprint density at radius 1 is 1.47 bits per heavy atom. The largest absolute Gasteiger partial charge is 0.306 e. The lowest BCUT2D eigenvalue weighted by atomic mass is 10.1. The Morgan fingerprint density at radius 3 is 2.76 bits per heavy atom. The van der Waals surface area contributed by atoms with Crippen LogP contribution in [-0.4, -0.2) is 17.4 Å². The van der Waals surface area contributed by atoms with Crippen LogP contribution in [-0.2, 0) is 4.79 Å². The highest BCUT2D eigenvalue weighted by atomic mass is 16.6. The first-order valence-corrected chi connectivity index (χ1v) is 5.12. The molecule has 6 heteroatoms.